The minimum Gasteiger partial charge on any atom is -0.394 e. The summed E-state index contributed by atoms with van der Waals surface area (Å²) < 4.78 is 33.7. The number of allylic oxidation sites excluding steroid dienone is 1. The average Bonchev–Trinajstić information content (AvgIpc) is 3.35. The predicted octanol–water partition coefficient (Wildman–Crippen LogP) is 2.26. The Hall–Kier alpha value is -1.47. The summed E-state index contributed by atoms with van der Waals surface area (Å²) in [6.07, 6.45) is 6.52. The van der Waals surface area contributed by atoms with E-state index in [0.717, 1.165) is 25.7 Å². The topological polar surface area (TPSA) is 307 Å². The van der Waals surface area contributed by atoms with Gasteiger partial charge in [-0.2, -0.15) is 0 Å². The highest BCUT2D eigenvalue weighted by Crippen LogP contribution is 2.33. The summed E-state index contributed by atoms with van der Waals surface area (Å²) >= 11 is 0. The molecule has 0 aromatic rings. The predicted molar refractivity (Wildman–Crippen MR) is 254 cm³/mol. The van der Waals surface area contributed by atoms with Crippen molar-refractivity contribution in [3.8, 4) is 0 Å². The van der Waals surface area contributed by atoms with Crippen molar-refractivity contribution in [2.24, 2.45) is 0 Å². The number of ether oxygens (including phenoxy) is 6. The Morgan fingerprint density at radius 2 is 0.884 bits per heavy atom. The fraction of sp³-hybridized carbons (Fsp3) is 0.940. The maximum atomic E-state index is 12.4. The fourth-order valence-electron chi connectivity index (χ4n) is 9.15. The van der Waals surface area contributed by atoms with Crippen LogP contribution in [0.15, 0.2) is 12.2 Å². The van der Waals surface area contributed by atoms with Crippen molar-refractivity contribution in [2.45, 2.75) is 272 Å². The smallest absolute Gasteiger partial charge is 0.220 e. The zero-order chi connectivity index (χ0) is 50.6. The molecule has 12 N–H and O–H groups in total. The first-order chi connectivity index (χ1) is 33.3. The van der Waals surface area contributed by atoms with E-state index in [1.165, 1.54) is 122 Å². The largest absolute Gasteiger partial charge is 0.394 e. The Kier molecular flexibility index (Phi) is 31.9. The van der Waals surface area contributed by atoms with Gasteiger partial charge in [0, 0.05) is 6.42 Å². The molecule has 3 aliphatic heterocycles. The molecule has 69 heavy (non-hydrogen) atoms. The SMILES string of the molecule is CCCCCCCCCCCCCCCCCCCCCCCC/C=C/C(O)C(COC1OC(CO)C(OC2OC(CO)C(OC3OC(CO)C(O)C(O)C3O)C(O)C2O)C(O)C1O)NC(=O)CC. The second-order valence-corrected chi connectivity index (χ2v) is 19.3. The van der Waals surface area contributed by atoms with Gasteiger partial charge in [-0.15, -0.1) is 0 Å². The lowest BCUT2D eigenvalue weighted by Crippen LogP contribution is -2.66. The van der Waals surface area contributed by atoms with Crippen molar-refractivity contribution < 1.29 is 89.4 Å². The number of carbonyl (C=O) groups is 1. The molecule has 0 aliphatic carbocycles. The van der Waals surface area contributed by atoms with Crippen molar-refractivity contribution >= 4 is 5.91 Å². The number of hydrogen-bond donors (Lipinski definition) is 12. The minimum absolute atomic E-state index is 0.126. The highest BCUT2D eigenvalue weighted by Gasteiger charge is 2.53. The van der Waals surface area contributed by atoms with E-state index in [1.807, 2.05) is 6.08 Å². The van der Waals surface area contributed by atoms with E-state index < -0.39 is 124 Å². The molecular weight excluding hydrogens is 903 g/mol. The number of aliphatic hydroxyl groups excluding tert-OH is 11. The normalized spacial score (nSPS) is 32.9. The lowest BCUT2D eigenvalue weighted by atomic mass is 9.96. The van der Waals surface area contributed by atoms with E-state index in [-0.39, 0.29) is 18.9 Å². The van der Waals surface area contributed by atoms with Crippen molar-refractivity contribution in [2.75, 3.05) is 26.4 Å². The van der Waals surface area contributed by atoms with Crippen molar-refractivity contribution in [3.05, 3.63) is 12.2 Å². The van der Waals surface area contributed by atoms with Crippen LogP contribution in [0, 0.1) is 0 Å². The first-order valence-electron chi connectivity index (χ1n) is 26.4. The highest BCUT2D eigenvalue weighted by atomic mass is 16.8. The van der Waals surface area contributed by atoms with Crippen molar-refractivity contribution in [1.29, 1.82) is 0 Å². The fourth-order valence-corrected chi connectivity index (χ4v) is 9.15. The quantitative estimate of drug-likeness (QED) is 0.0314. The van der Waals surface area contributed by atoms with Crippen LogP contribution < -0.4 is 5.32 Å². The Morgan fingerprint density at radius 3 is 1.30 bits per heavy atom. The van der Waals surface area contributed by atoms with Crippen LogP contribution in [0.5, 0.6) is 0 Å². The molecule has 19 heteroatoms. The maximum Gasteiger partial charge on any atom is 0.220 e. The summed E-state index contributed by atoms with van der Waals surface area (Å²) in [5.74, 6) is -0.363. The number of hydrogen-bond acceptors (Lipinski definition) is 18. The van der Waals surface area contributed by atoms with Gasteiger partial charge in [-0.25, -0.2) is 0 Å². The van der Waals surface area contributed by atoms with Crippen LogP contribution in [-0.4, -0.2) is 193 Å². The van der Waals surface area contributed by atoms with E-state index in [4.69, 9.17) is 28.4 Å². The molecule has 406 valence electrons. The standard InChI is InChI=1S/C50H93NO18/c1-3-5-6-7-8-9-10-11-12-13-14-15-16-17-18-19-20-21-22-23-24-25-26-27-28-34(55)33(51-38(56)4-2)32-64-48-44(62)41(59)46(36(30-53)66-48)69-50-45(63)42(60)47(37(31-54)67-50)68-49-43(61)40(58)39(57)35(29-52)65-49/h27-28,33-37,39-50,52-55,57-63H,3-26,29-32H2,1-2H3,(H,51,56)/b28-27+. The van der Waals surface area contributed by atoms with Crippen LogP contribution in [0.25, 0.3) is 0 Å². The Labute approximate surface area is 410 Å². The number of carbonyl (C=O) groups excluding carboxylic acids is 1. The van der Waals surface area contributed by atoms with Crippen LogP contribution in [0.4, 0.5) is 0 Å². The monoisotopic (exact) mass is 996 g/mol. The first kappa shape index (κ1) is 61.8. The van der Waals surface area contributed by atoms with Crippen LogP contribution in [0.2, 0.25) is 0 Å². The molecule has 3 fully saturated rings. The molecule has 17 unspecified atom stereocenters. The van der Waals surface area contributed by atoms with Gasteiger partial charge in [0.15, 0.2) is 18.9 Å². The van der Waals surface area contributed by atoms with E-state index in [9.17, 15) is 61.0 Å². The molecule has 1 amide bonds. The summed E-state index contributed by atoms with van der Waals surface area (Å²) in [7, 11) is 0. The summed E-state index contributed by atoms with van der Waals surface area (Å²) in [5, 5.41) is 118. The number of unbranched alkanes of at least 4 members (excludes halogenated alkanes) is 22. The third-order valence-corrected chi connectivity index (χ3v) is 13.6. The van der Waals surface area contributed by atoms with Gasteiger partial charge in [0.25, 0.3) is 0 Å². The number of amides is 1. The molecule has 0 bridgehead atoms. The van der Waals surface area contributed by atoms with Crippen molar-refractivity contribution in [3.63, 3.8) is 0 Å². The lowest BCUT2D eigenvalue weighted by molar-refractivity contribution is -0.379. The molecule has 0 spiro atoms. The van der Waals surface area contributed by atoms with Crippen LogP contribution in [0.1, 0.15) is 168 Å². The summed E-state index contributed by atoms with van der Waals surface area (Å²) in [5.41, 5.74) is 0. The molecule has 3 heterocycles. The van der Waals surface area contributed by atoms with Gasteiger partial charge in [-0.05, 0) is 12.8 Å². The number of aliphatic hydroxyl groups is 11. The Bertz CT molecular complexity index is 1330. The summed E-state index contributed by atoms with van der Waals surface area (Å²) in [4.78, 5) is 12.4. The summed E-state index contributed by atoms with van der Waals surface area (Å²) in [6.45, 7) is 1.14. The van der Waals surface area contributed by atoms with E-state index in [2.05, 4.69) is 12.2 Å². The van der Waals surface area contributed by atoms with Crippen molar-refractivity contribution in [1.82, 2.24) is 5.32 Å². The highest BCUT2D eigenvalue weighted by molar-refractivity contribution is 5.75. The third-order valence-electron chi connectivity index (χ3n) is 13.6. The molecule has 19 nitrogen and oxygen atoms in total. The molecule has 17 atom stereocenters. The molecular formula is C50H93NO18. The van der Waals surface area contributed by atoms with E-state index in [1.54, 1.807) is 13.0 Å². The second-order valence-electron chi connectivity index (χ2n) is 19.3. The lowest BCUT2D eigenvalue weighted by Gasteiger charge is -2.48. The molecule has 0 aromatic heterocycles. The third kappa shape index (κ3) is 21.5. The molecule has 0 radical (unpaired) electrons. The van der Waals surface area contributed by atoms with Gasteiger partial charge in [-0.3, -0.25) is 4.79 Å². The Balaban J connectivity index is 1.35. The Morgan fingerprint density at radius 1 is 0.507 bits per heavy atom. The van der Waals surface area contributed by atoms with E-state index >= 15 is 0 Å². The van der Waals surface area contributed by atoms with E-state index in [0.29, 0.717) is 0 Å². The van der Waals surface area contributed by atoms with Crippen LogP contribution in [-0.2, 0) is 33.2 Å². The minimum atomic E-state index is -1.97. The van der Waals surface area contributed by atoms with Crippen LogP contribution >= 0.6 is 0 Å². The van der Waals surface area contributed by atoms with Gasteiger partial charge in [0.2, 0.25) is 5.91 Å². The maximum absolute atomic E-state index is 12.4. The van der Waals surface area contributed by atoms with Crippen LogP contribution in [0.3, 0.4) is 0 Å². The molecule has 0 aromatic carbocycles. The van der Waals surface area contributed by atoms with Gasteiger partial charge in [-0.1, -0.05) is 161 Å². The second kappa shape index (κ2) is 35.6. The molecule has 3 rings (SSSR count). The average molecular weight is 996 g/mol. The first-order valence-corrected chi connectivity index (χ1v) is 26.4. The van der Waals surface area contributed by atoms with Gasteiger partial charge in [0.1, 0.15) is 73.2 Å². The van der Waals surface area contributed by atoms with Gasteiger partial charge >= 0.3 is 0 Å². The van der Waals surface area contributed by atoms with Gasteiger partial charge < -0.3 is 89.9 Å². The zero-order valence-corrected chi connectivity index (χ0v) is 41.5. The summed E-state index contributed by atoms with van der Waals surface area (Å²) in [6, 6.07) is -0.964. The zero-order valence-electron chi connectivity index (χ0n) is 41.5. The molecule has 3 aliphatic rings. The number of nitrogens with one attached hydrogen (secondary N) is 1. The molecule has 3 saturated heterocycles. The number of rotatable bonds is 37. The van der Waals surface area contributed by atoms with Gasteiger partial charge in [0.05, 0.1) is 38.6 Å². The molecule has 0 saturated carbocycles.